The molecule has 1 atom stereocenters. The van der Waals surface area contributed by atoms with E-state index in [0.29, 0.717) is 5.92 Å². The quantitative estimate of drug-likeness (QED) is 0.592. The predicted molar refractivity (Wildman–Crippen MR) is 55.9 cm³/mol. The molecule has 0 spiro atoms. The lowest BCUT2D eigenvalue weighted by atomic mass is 10.00. The number of rotatable bonds is 0. The van der Waals surface area contributed by atoms with Gasteiger partial charge in [0.05, 0.1) is 11.6 Å². The number of aliphatic imine (C=N–C) groups is 1. The molecule has 0 N–H and O–H groups in total. The molecule has 0 saturated heterocycles. The van der Waals surface area contributed by atoms with E-state index in [2.05, 4.69) is 51.9 Å². The maximum absolute atomic E-state index is 4.41. The first kappa shape index (κ1) is 7.28. The molecular weight excluding hydrogens is 249 g/mol. The molecule has 2 heteroatoms. The lowest BCUT2D eigenvalue weighted by Gasteiger charge is -2.10. The van der Waals surface area contributed by atoms with Gasteiger partial charge in [0, 0.05) is 9.28 Å². The van der Waals surface area contributed by atoms with Crippen molar-refractivity contribution in [3.05, 3.63) is 33.6 Å². The molecule has 0 amide bonds. The van der Waals surface area contributed by atoms with Crippen molar-refractivity contribution in [2.75, 3.05) is 0 Å². The second-order valence-electron chi connectivity index (χ2n) is 2.73. The molecule has 0 fully saturated rings. The minimum Gasteiger partial charge on any atom is -0.257 e. The highest BCUT2D eigenvalue weighted by molar-refractivity contribution is 14.1. The topological polar surface area (TPSA) is 12.4 Å². The normalized spacial score (nSPS) is 27.5. The van der Waals surface area contributed by atoms with Crippen molar-refractivity contribution in [2.45, 2.75) is 6.92 Å². The average molecular weight is 257 g/mol. The predicted octanol–water partition coefficient (Wildman–Crippen LogP) is 2.85. The molecule has 2 rings (SSSR count). The summed E-state index contributed by atoms with van der Waals surface area (Å²) in [6, 6.07) is 0. The number of fused-ring (bicyclic) bond motifs is 1. The number of hydrogen-bond acceptors (Lipinski definition) is 1. The number of hydrogen-bond donors (Lipinski definition) is 0. The minimum absolute atomic E-state index is 0.459. The van der Waals surface area contributed by atoms with Gasteiger partial charge in [0.1, 0.15) is 0 Å². The second-order valence-corrected chi connectivity index (χ2v) is 3.98. The zero-order valence-corrected chi connectivity index (χ0v) is 8.37. The molecule has 1 nitrogen and oxygen atoms in total. The fraction of sp³-hybridized carbons (Fsp3) is 0.222. The van der Waals surface area contributed by atoms with Gasteiger partial charge in [-0.1, -0.05) is 12.2 Å². The molecule has 0 bridgehead atoms. The van der Waals surface area contributed by atoms with Crippen molar-refractivity contribution >= 4 is 28.3 Å². The SMILES string of the molecule is CC1=CC2C(I)=CC=CC2=N1. The van der Waals surface area contributed by atoms with E-state index in [1.807, 2.05) is 6.92 Å². The molecule has 56 valence electrons. The highest BCUT2D eigenvalue weighted by atomic mass is 127. The third-order valence-corrected chi connectivity index (χ3v) is 2.88. The fourth-order valence-corrected chi connectivity index (χ4v) is 2.05. The van der Waals surface area contributed by atoms with E-state index < -0.39 is 0 Å². The molecule has 1 unspecified atom stereocenters. The third kappa shape index (κ3) is 1.20. The number of nitrogens with zero attached hydrogens (tertiary/aromatic N) is 1. The molecule has 0 aromatic heterocycles. The number of allylic oxidation sites excluding steroid dienone is 6. The van der Waals surface area contributed by atoms with Gasteiger partial charge in [-0.05, 0) is 41.7 Å². The summed E-state index contributed by atoms with van der Waals surface area (Å²) in [4.78, 5) is 4.41. The maximum Gasteiger partial charge on any atom is 0.0524 e. The van der Waals surface area contributed by atoms with Crippen LogP contribution in [0.1, 0.15) is 6.92 Å². The Labute approximate surface area is 79.7 Å². The Morgan fingerprint density at radius 1 is 1.55 bits per heavy atom. The molecule has 1 aliphatic carbocycles. The Balaban J connectivity index is 2.44. The lowest BCUT2D eigenvalue weighted by Crippen LogP contribution is -2.08. The van der Waals surface area contributed by atoms with E-state index >= 15 is 0 Å². The summed E-state index contributed by atoms with van der Waals surface area (Å²) in [6.45, 7) is 2.04. The van der Waals surface area contributed by atoms with Crippen molar-refractivity contribution < 1.29 is 0 Å². The Morgan fingerprint density at radius 3 is 3.09 bits per heavy atom. The maximum atomic E-state index is 4.41. The van der Waals surface area contributed by atoms with Crippen molar-refractivity contribution in [1.29, 1.82) is 0 Å². The molecule has 1 heterocycles. The molecule has 0 saturated carbocycles. The van der Waals surface area contributed by atoms with Crippen LogP contribution in [0.5, 0.6) is 0 Å². The molecule has 0 aromatic carbocycles. The monoisotopic (exact) mass is 257 g/mol. The van der Waals surface area contributed by atoms with Crippen molar-refractivity contribution in [3.8, 4) is 0 Å². The molecular formula is C9H8IN. The molecule has 1 aliphatic heterocycles. The number of halogens is 1. The Bertz CT molecular complexity index is 308. The Hall–Kier alpha value is -0.380. The van der Waals surface area contributed by atoms with Crippen molar-refractivity contribution in [2.24, 2.45) is 10.9 Å². The first-order valence-corrected chi connectivity index (χ1v) is 4.66. The van der Waals surface area contributed by atoms with Crippen LogP contribution in [0, 0.1) is 5.92 Å². The summed E-state index contributed by atoms with van der Waals surface area (Å²) in [5, 5.41) is 0. The molecule has 0 radical (unpaired) electrons. The summed E-state index contributed by atoms with van der Waals surface area (Å²) >= 11 is 2.37. The average Bonchev–Trinajstić information content (AvgIpc) is 2.31. The van der Waals surface area contributed by atoms with Gasteiger partial charge in [0.2, 0.25) is 0 Å². The van der Waals surface area contributed by atoms with E-state index in [9.17, 15) is 0 Å². The van der Waals surface area contributed by atoms with Crippen LogP contribution >= 0.6 is 22.6 Å². The van der Waals surface area contributed by atoms with E-state index in [1.54, 1.807) is 0 Å². The second kappa shape index (κ2) is 2.59. The lowest BCUT2D eigenvalue weighted by molar-refractivity contribution is 1.15. The first-order valence-electron chi connectivity index (χ1n) is 3.58. The van der Waals surface area contributed by atoms with Crippen LogP contribution < -0.4 is 0 Å². The van der Waals surface area contributed by atoms with Gasteiger partial charge in [0.25, 0.3) is 0 Å². The molecule has 0 aromatic rings. The largest absolute Gasteiger partial charge is 0.257 e. The van der Waals surface area contributed by atoms with E-state index in [4.69, 9.17) is 0 Å². The van der Waals surface area contributed by atoms with Gasteiger partial charge < -0.3 is 0 Å². The standard InChI is InChI=1S/C9H8IN/c1-6-5-7-8(10)3-2-4-9(7)11-6/h2-5,7H,1H3. The van der Waals surface area contributed by atoms with Crippen LogP contribution in [-0.4, -0.2) is 5.71 Å². The smallest absolute Gasteiger partial charge is 0.0524 e. The van der Waals surface area contributed by atoms with Gasteiger partial charge in [-0.2, -0.15) is 0 Å². The highest BCUT2D eigenvalue weighted by Crippen LogP contribution is 2.30. The summed E-state index contributed by atoms with van der Waals surface area (Å²) in [5.74, 6) is 0.459. The van der Waals surface area contributed by atoms with E-state index in [-0.39, 0.29) is 0 Å². The summed E-state index contributed by atoms with van der Waals surface area (Å²) < 4.78 is 1.36. The first-order chi connectivity index (χ1) is 5.27. The summed E-state index contributed by atoms with van der Waals surface area (Å²) in [7, 11) is 0. The van der Waals surface area contributed by atoms with Crippen LogP contribution in [0.4, 0.5) is 0 Å². The van der Waals surface area contributed by atoms with Gasteiger partial charge in [-0.25, -0.2) is 0 Å². The van der Waals surface area contributed by atoms with Crippen LogP contribution in [0.25, 0.3) is 0 Å². The van der Waals surface area contributed by atoms with Crippen LogP contribution in [0.15, 0.2) is 38.6 Å². The highest BCUT2D eigenvalue weighted by Gasteiger charge is 2.21. The van der Waals surface area contributed by atoms with Crippen molar-refractivity contribution in [1.82, 2.24) is 0 Å². The summed E-state index contributed by atoms with van der Waals surface area (Å²) in [5.41, 5.74) is 2.33. The third-order valence-electron chi connectivity index (χ3n) is 1.85. The van der Waals surface area contributed by atoms with Crippen LogP contribution in [0.2, 0.25) is 0 Å². The van der Waals surface area contributed by atoms with Gasteiger partial charge >= 0.3 is 0 Å². The van der Waals surface area contributed by atoms with Gasteiger partial charge in [-0.3, -0.25) is 4.99 Å². The van der Waals surface area contributed by atoms with E-state index in [0.717, 1.165) is 5.70 Å². The minimum atomic E-state index is 0.459. The van der Waals surface area contributed by atoms with Crippen LogP contribution in [-0.2, 0) is 0 Å². The van der Waals surface area contributed by atoms with Gasteiger partial charge in [-0.15, -0.1) is 0 Å². The van der Waals surface area contributed by atoms with Gasteiger partial charge in [0.15, 0.2) is 0 Å². The van der Waals surface area contributed by atoms with Crippen LogP contribution in [0.3, 0.4) is 0 Å². The summed E-state index contributed by atoms with van der Waals surface area (Å²) in [6.07, 6.45) is 8.49. The van der Waals surface area contributed by atoms with Crippen molar-refractivity contribution in [3.63, 3.8) is 0 Å². The zero-order valence-electron chi connectivity index (χ0n) is 6.21. The zero-order chi connectivity index (χ0) is 7.84. The molecule has 2 aliphatic rings. The Kier molecular flexibility index (Phi) is 1.71. The molecule has 11 heavy (non-hydrogen) atoms. The Morgan fingerprint density at radius 2 is 2.36 bits per heavy atom. The fourth-order valence-electron chi connectivity index (χ4n) is 1.34. The van der Waals surface area contributed by atoms with E-state index in [1.165, 1.54) is 9.29 Å².